The van der Waals surface area contributed by atoms with Gasteiger partial charge in [0.15, 0.2) is 0 Å². The van der Waals surface area contributed by atoms with Crippen LogP contribution in [0.3, 0.4) is 0 Å². The van der Waals surface area contributed by atoms with Crippen molar-refractivity contribution in [3.8, 4) is 0 Å². The molecule has 0 aliphatic carbocycles. The summed E-state index contributed by atoms with van der Waals surface area (Å²) in [5.74, 6) is 0. The fraction of sp³-hybridized carbons (Fsp3) is 0.667. The predicted octanol–water partition coefficient (Wildman–Crippen LogP) is 1.29. The van der Waals surface area contributed by atoms with Gasteiger partial charge in [0.25, 0.3) is 0 Å². The van der Waals surface area contributed by atoms with Gasteiger partial charge in [-0.3, -0.25) is 4.18 Å². The predicted molar refractivity (Wildman–Crippen MR) is 28.8 cm³/mol. The van der Waals surface area contributed by atoms with Crippen molar-refractivity contribution in [2.75, 3.05) is 7.11 Å². The summed E-state index contributed by atoms with van der Waals surface area (Å²) >= 11 is 1.08. The maximum atomic E-state index is 4.50. The fourth-order valence-electron chi connectivity index (χ4n) is 0.0861. The summed E-state index contributed by atoms with van der Waals surface area (Å²) in [5.41, 5.74) is 0. The van der Waals surface area contributed by atoms with Crippen molar-refractivity contribution < 1.29 is 4.18 Å². The summed E-state index contributed by atoms with van der Waals surface area (Å²) in [4.78, 5) is 0. The van der Waals surface area contributed by atoms with E-state index in [2.05, 4.69) is 8.58 Å². The minimum Gasteiger partial charge on any atom is -0.299 e. The second-order valence-electron chi connectivity index (χ2n) is 0.605. The molecule has 0 fully saturated rings. The average Bonchev–Trinajstić information content (AvgIpc) is 1.61. The molecule has 0 aromatic heterocycles. The molecule has 36 valence electrons. The Morgan fingerprint density at radius 3 is 2.67 bits per heavy atom. The molecule has 3 heteroatoms. The highest BCUT2D eigenvalue weighted by molar-refractivity contribution is 7.93. The first kappa shape index (κ1) is 5.98. The molecule has 0 saturated carbocycles. The maximum absolute atomic E-state index is 4.50. The van der Waals surface area contributed by atoms with Gasteiger partial charge in [-0.1, -0.05) is 0 Å². The lowest BCUT2D eigenvalue weighted by Gasteiger charge is -1.78. The SMILES string of the molecule is CC=NSOC. The van der Waals surface area contributed by atoms with Crippen LogP contribution in [0, 0.1) is 0 Å². The van der Waals surface area contributed by atoms with Crippen LogP contribution in [0.5, 0.6) is 0 Å². The van der Waals surface area contributed by atoms with Crippen LogP contribution in [0.25, 0.3) is 0 Å². The molecule has 0 aromatic rings. The van der Waals surface area contributed by atoms with Gasteiger partial charge >= 0.3 is 0 Å². The van der Waals surface area contributed by atoms with Gasteiger partial charge in [-0.15, -0.1) is 0 Å². The highest BCUT2D eigenvalue weighted by Gasteiger charge is 1.64. The maximum Gasteiger partial charge on any atom is 0.135 e. The fourth-order valence-corrected chi connectivity index (χ4v) is 0.258. The van der Waals surface area contributed by atoms with Crippen molar-refractivity contribution in [3.05, 3.63) is 0 Å². The Kier molecular flexibility index (Phi) is 4.96. The van der Waals surface area contributed by atoms with Gasteiger partial charge in [0, 0.05) is 6.21 Å². The van der Waals surface area contributed by atoms with E-state index in [1.165, 1.54) is 0 Å². The van der Waals surface area contributed by atoms with E-state index in [-0.39, 0.29) is 0 Å². The van der Waals surface area contributed by atoms with E-state index in [1.54, 1.807) is 13.3 Å². The molecule has 0 heterocycles. The molecule has 6 heavy (non-hydrogen) atoms. The molecule has 0 N–H and O–H groups in total. The summed E-state index contributed by atoms with van der Waals surface area (Å²) in [6.07, 6.45) is 1.67. The topological polar surface area (TPSA) is 21.6 Å². The zero-order valence-electron chi connectivity index (χ0n) is 3.84. The van der Waals surface area contributed by atoms with E-state index in [1.807, 2.05) is 6.92 Å². The van der Waals surface area contributed by atoms with E-state index in [9.17, 15) is 0 Å². The summed E-state index contributed by atoms with van der Waals surface area (Å²) in [6.45, 7) is 1.84. The average molecular weight is 105 g/mol. The van der Waals surface area contributed by atoms with Gasteiger partial charge in [0.05, 0.1) is 7.11 Å². The van der Waals surface area contributed by atoms with E-state index >= 15 is 0 Å². The second kappa shape index (κ2) is 4.98. The molecule has 0 rings (SSSR count). The van der Waals surface area contributed by atoms with Crippen LogP contribution >= 0.6 is 12.2 Å². The van der Waals surface area contributed by atoms with Crippen molar-refractivity contribution >= 4 is 18.4 Å². The van der Waals surface area contributed by atoms with Crippen LogP contribution in [-0.2, 0) is 4.18 Å². The van der Waals surface area contributed by atoms with Crippen LogP contribution in [0.4, 0.5) is 0 Å². The Bertz CT molecular complexity index is 46.1. The first-order chi connectivity index (χ1) is 2.91. The Hall–Kier alpha value is -0.0200. The van der Waals surface area contributed by atoms with Crippen LogP contribution in [0.15, 0.2) is 4.40 Å². The molecule has 2 nitrogen and oxygen atoms in total. The molecule has 0 aliphatic heterocycles. The van der Waals surface area contributed by atoms with Gasteiger partial charge in [-0.2, -0.15) is 0 Å². The van der Waals surface area contributed by atoms with Crippen molar-refractivity contribution in [2.45, 2.75) is 6.92 Å². The molecule has 0 spiro atoms. The van der Waals surface area contributed by atoms with Crippen LogP contribution in [0.2, 0.25) is 0 Å². The quantitative estimate of drug-likeness (QED) is 0.300. The Balaban J connectivity index is 2.66. The van der Waals surface area contributed by atoms with Crippen LogP contribution < -0.4 is 0 Å². The first-order valence-corrected chi connectivity index (χ1v) is 2.29. The molecule has 0 unspecified atom stereocenters. The lowest BCUT2D eigenvalue weighted by Crippen LogP contribution is -1.58. The molecule has 0 amide bonds. The Labute approximate surface area is 41.9 Å². The van der Waals surface area contributed by atoms with Crippen molar-refractivity contribution in [3.63, 3.8) is 0 Å². The smallest absolute Gasteiger partial charge is 0.135 e. The molecule has 0 radical (unpaired) electrons. The first-order valence-electron chi connectivity index (χ1n) is 1.59. The highest BCUT2D eigenvalue weighted by atomic mass is 32.2. The number of hydrogen-bond donors (Lipinski definition) is 0. The molecule has 0 bridgehead atoms. The van der Waals surface area contributed by atoms with E-state index < -0.39 is 0 Å². The monoisotopic (exact) mass is 105 g/mol. The van der Waals surface area contributed by atoms with Crippen LogP contribution in [0.1, 0.15) is 6.92 Å². The largest absolute Gasteiger partial charge is 0.299 e. The summed E-state index contributed by atoms with van der Waals surface area (Å²) in [6, 6.07) is 0. The zero-order chi connectivity index (χ0) is 4.83. The van der Waals surface area contributed by atoms with Gasteiger partial charge in [-0.05, 0) is 6.92 Å². The lowest BCUT2D eigenvalue weighted by atomic mass is 10.9. The molecular weight excluding hydrogens is 98.1 g/mol. The third kappa shape index (κ3) is 3.98. The molecule has 0 aromatic carbocycles. The minimum absolute atomic E-state index is 1.08. The summed E-state index contributed by atoms with van der Waals surface area (Å²) in [7, 11) is 1.58. The van der Waals surface area contributed by atoms with Crippen molar-refractivity contribution in [2.24, 2.45) is 4.40 Å². The Morgan fingerprint density at radius 1 is 1.83 bits per heavy atom. The van der Waals surface area contributed by atoms with E-state index in [0.717, 1.165) is 12.2 Å². The number of rotatable bonds is 2. The minimum atomic E-state index is 1.08. The van der Waals surface area contributed by atoms with E-state index in [0.29, 0.717) is 0 Å². The van der Waals surface area contributed by atoms with Crippen molar-refractivity contribution in [1.82, 2.24) is 0 Å². The summed E-state index contributed by atoms with van der Waals surface area (Å²) < 4.78 is 8.16. The normalized spacial score (nSPS) is 10.3. The molecule has 0 saturated heterocycles. The third-order valence-electron chi connectivity index (χ3n) is 0.223. The second-order valence-corrected chi connectivity index (χ2v) is 1.30. The molecule has 0 aliphatic rings. The van der Waals surface area contributed by atoms with Gasteiger partial charge in [0.1, 0.15) is 12.2 Å². The zero-order valence-corrected chi connectivity index (χ0v) is 4.66. The highest BCUT2D eigenvalue weighted by Crippen LogP contribution is 1.96. The standard InChI is InChI=1S/C3H7NOS/c1-3-4-6-5-2/h3H,1-2H3. The number of hydrogen-bond acceptors (Lipinski definition) is 3. The summed E-state index contributed by atoms with van der Waals surface area (Å²) in [5, 5.41) is 0. The Morgan fingerprint density at radius 2 is 2.50 bits per heavy atom. The number of nitrogens with zero attached hydrogens (tertiary/aromatic N) is 1. The van der Waals surface area contributed by atoms with Gasteiger partial charge in [0.2, 0.25) is 0 Å². The third-order valence-corrected chi connectivity index (χ3v) is 0.669. The van der Waals surface area contributed by atoms with E-state index in [4.69, 9.17) is 0 Å². The lowest BCUT2D eigenvalue weighted by molar-refractivity contribution is 0.491. The molecular formula is C3H7NOS. The van der Waals surface area contributed by atoms with Gasteiger partial charge < -0.3 is 0 Å². The molecule has 0 atom stereocenters. The van der Waals surface area contributed by atoms with Crippen LogP contribution in [-0.4, -0.2) is 13.3 Å². The van der Waals surface area contributed by atoms with Crippen molar-refractivity contribution in [1.29, 1.82) is 0 Å². The van der Waals surface area contributed by atoms with Gasteiger partial charge in [-0.25, -0.2) is 4.40 Å².